The number of methoxy groups -OCH3 is 1. The van der Waals surface area contributed by atoms with Crippen LogP contribution >= 0.6 is 0 Å². The summed E-state index contributed by atoms with van der Waals surface area (Å²) in [5.74, 6) is 6.49. The van der Waals surface area contributed by atoms with Gasteiger partial charge in [0.15, 0.2) is 22.4 Å². The van der Waals surface area contributed by atoms with E-state index in [0.717, 1.165) is 5.57 Å². The minimum absolute atomic E-state index is 0.0497. The van der Waals surface area contributed by atoms with E-state index in [1.54, 1.807) is 6.08 Å². The molecular weight excluding hydrogens is 533 g/mol. The fourth-order valence-electron chi connectivity index (χ4n) is 4.84. The van der Waals surface area contributed by atoms with Gasteiger partial charge in [0.25, 0.3) is 0 Å². The summed E-state index contributed by atoms with van der Waals surface area (Å²) >= 11 is 0. The van der Waals surface area contributed by atoms with Crippen molar-refractivity contribution in [2.75, 3.05) is 7.11 Å². The third-order valence-electron chi connectivity index (χ3n) is 9.57. The summed E-state index contributed by atoms with van der Waals surface area (Å²) < 4.78 is 18.6. The number of ketones is 1. The van der Waals surface area contributed by atoms with Crippen molar-refractivity contribution in [2.24, 2.45) is 11.8 Å². The molecule has 0 spiro atoms. The maximum absolute atomic E-state index is 13.3. The van der Waals surface area contributed by atoms with E-state index in [-0.39, 0.29) is 40.0 Å². The Morgan fingerprint density at radius 1 is 1.02 bits per heavy atom. The molecule has 7 heteroatoms. The van der Waals surface area contributed by atoms with Crippen molar-refractivity contribution >= 4 is 28.4 Å². The summed E-state index contributed by atoms with van der Waals surface area (Å²) in [5, 5.41) is 0.178. The monoisotopic (exact) mass is 588 g/mol. The maximum atomic E-state index is 13.3. The van der Waals surface area contributed by atoms with E-state index < -0.39 is 16.6 Å². The number of carbonyl (C=O) groups excluding carboxylic acids is 2. The van der Waals surface area contributed by atoms with Crippen molar-refractivity contribution in [3.05, 3.63) is 23.8 Å². The first-order chi connectivity index (χ1) is 18.4. The third kappa shape index (κ3) is 9.54. The van der Waals surface area contributed by atoms with E-state index in [0.29, 0.717) is 31.6 Å². The predicted molar refractivity (Wildman–Crippen MR) is 170 cm³/mol. The lowest BCUT2D eigenvalue weighted by atomic mass is 9.95. The van der Waals surface area contributed by atoms with E-state index in [4.69, 9.17) is 13.6 Å². The van der Waals surface area contributed by atoms with E-state index in [1.807, 2.05) is 0 Å². The van der Waals surface area contributed by atoms with Crippen molar-refractivity contribution in [3.8, 4) is 11.8 Å². The molecule has 3 unspecified atom stereocenters. The molecule has 3 atom stereocenters. The fraction of sp³-hybridized carbons (Fsp3) is 0.758. The zero-order valence-corrected chi connectivity index (χ0v) is 29.2. The van der Waals surface area contributed by atoms with Gasteiger partial charge in [-0.25, -0.2) is 0 Å². The zero-order chi connectivity index (χ0) is 30.4. The van der Waals surface area contributed by atoms with Crippen LogP contribution in [-0.2, 0) is 23.2 Å². The van der Waals surface area contributed by atoms with Crippen LogP contribution in [0.15, 0.2) is 23.8 Å². The highest BCUT2D eigenvalue weighted by Crippen LogP contribution is 2.43. The van der Waals surface area contributed by atoms with Gasteiger partial charge in [-0.15, -0.1) is 0 Å². The largest absolute Gasteiger partial charge is 0.469 e. The number of rotatable bonds is 10. The molecule has 2 rings (SSSR count). The fourth-order valence-corrected chi connectivity index (χ4v) is 7.48. The summed E-state index contributed by atoms with van der Waals surface area (Å²) in [6, 6.07) is 0. The molecule has 2 saturated carbocycles. The Labute approximate surface area is 247 Å². The first-order valence-electron chi connectivity index (χ1n) is 15.2. The van der Waals surface area contributed by atoms with Crippen molar-refractivity contribution in [3.63, 3.8) is 0 Å². The molecule has 2 aliphatic rings. The molecule has 2 fully saturated rings. The Morgan fingerprint density at radius 2 is 1.62 bits per heavy atom. The number of hydrogen-bond acceptors (Lipinski definition) is 5. The Kier molecular flexibility index (Phi) is 12.3. The second-order valence-electron chi connectivity index (χ2n) is 14.7. The van der Waals surface area contributed by atoms with Crippen molar-refractivity contribution in [1.29, 1.82) is 0 Å². The Morgan fingerprint density at radius 3 is 2.17 bits per heavy atom. The van der Waals surface area contributed by atoms with Gasteiger partial charge in [-0.05, 0) is 67.5 Å². The summed E-state index contributed by atoms with van der Waals surface area (Å²) in [5.41, 5.74) is 0.734. The second kappa shape index (κ2) is 14.1. The number of esters is 1. The molecule has 0 aromatic rings. The summed E-state index contributed by atoms with van der Waals surface area (Å²) in [7, 11) is -2.68. The number of allylic oxidation sites excluding steroid dienone is 1. The Balaban J connectivity index is 2.39. The van der Waals surface area contributed by atoms with Crippen LogP contribution in [0.1, 0.15) is 92.9 Å². The highest BCUT2D eigenvalue weighted by atomic mass is 28.4. The quantitative estimate of drug-likeness (QED) is 0.0641. The standard InChI is InChI=1S/C33H56O5Si2/c1-32(2,3)39(8,9)37-29(25-18-16-17-19-25)23-22-27-26(20-14-12-13-15-21-31(35)36-7)28(34)24-30(27)38-40(10,11)33(4,5)6/h20,22-23,25,27,29-30H,13,15-19,21,24H2,1-11H3. The second-order valence-corrected chi connectivity index (χ2v) is 24.2. The number of hydrogen-bond donors (Lipinski definition) is 0. The highest BCUT2D eigenvalue weighted by Gasteiger charge is 2.45. The van der Waals surface area contributed by atoms with Gasteiger partial charge in [0.05, 0.1) is 19.3 Å². The average molecular weight is 589 g/mol. The number of carbonyl (C=O) groups is 2. The van der Waals surface area contributed by atoms with Crippen LogP contribution in [0.25, 0.3) is 0 Å². The molecule has 0 aromatic carbocycles. The van der Waals surface area contributed by atoms with Gasteiger partial charge < -0.3 is 13.6 Å². The molecular formula is C33H56O5Si2. The third-order valence-corrected chi connectivity index (χ3v) is 18.5. The maximum Gasteiger partial charge on any atom is 0.305 e. The molecule has 0 aromatic heterocycles. The molecule has 0 N–H and O–H groups in total. The topological polar surface area (TPSA) is 61.8 Å². The van der Waals surface area contributed by atoms with Crippen LogP contribution < -0.4 is 0 Å². The minimum Gasteiger partial charge on any atom is -0.469 e. The number of Topliss-reactive ketones (excluding diaryl/α,β-unsaturated/α-hetero) is 1. The van der Waals surface area contributed by atoms with Gasteiger partial charge in [0, 0.05) is 30.8 Å². The molecule has 40 heavy (non-hydrogen) atoms. The van der Waals surface area contributed by atoms with E-state index >= 15 is 0 Å². The van der Waals surface area contributed by atoms with E-state index in [2.05, 4.69) is 91.7 Å². The molecule has 0 radical (unpaired) electrons. The summed E-state index contributed by atoms with van der Waals surface area (Å²) in [6.45, 7) is 22.7. The minimum atomic E-state index is -2.10. The number of ether oxygens (including phenoxy) is 1. The average Bonchev–Trinajstić information content (AvgIpc) is 3.45. The van der Waals surface area contributed by atoms with Gasteiger partial charge in [0.2, 0.25) is 0 Å². The number of unbranched alkanes of at least 4 members (excludes halogenated alkanes) is 1. The van der Waals surface area contributed by atoms with Crippen LogP contribution in [0.3, 0.4) is 0 Å². The Bertz CT molecular complexity index is 995. The smallest absolute Gasteiger partial charge is 0.305 e. The van der Waals surface area contributed by atoms with Gasteiger partial charge in [-0.2, -0.15) is 0 Å². The molecule has 0 aliphatic heterocycles. The molecule has 0 saturated heterocycles. The lowest BCUT2D eigenvalue weighted by Crippen LogP contribution is -2.45. The molecule has 226 valence electrons. The molecule has 0 bridgehead atoms. The normalized spacial score (nSPS) is 23.1. The van der Waals surface area contributed by atoms with Crippen LogP contribution in [-0.4, -0.2) is 47.7 Å². The van der Waals surface area contributed by atoms with Crippen LogP contribution in [0.4, 0.5) is 0 Å². The van der Waals surface area contributed by atoms with E-state index in [9.17, 15) is 9.59 Å². The Hall–Kier alpha value is -1.47. The first-order valence-corrected chi connectivity index (χ1v) is 21.0. The molecule has 2 aliphatic carbocycles. The summed E-state index contributed by atoms with van der Waals surface area (Å²) in [4.78, 5) is 24.7. The van der Waals surface area contributed by atoms with Crippen molar-refractivity contribution in [2.45, 2.75) is 141 Å². The SMILES string of the molecule is COC(=O)CCCC#CC=C1C(=O)CC(O[Si](C)(C)C(C)(C)C)C1C=CC(O[Si](C)(C)C(C)(C)C)C1CCCC1. The van der Waals surface area contributed by atoms with Crippen LogP contribution in [0, 0.1) is 23.7 Å². The van der Waals surface area contributed by atoms with E-state index in [1.165, 1.54) is 32.8 Å². The molecule has 5 nitrogen and oxygen atoms in total. The molecule has 0 amide bonds. The lowest BCUT2D eigenvalue weighted by Gasteiger charge is -2.40. The van der Waals surface area contributed by atoms with Gasteiger partial charge >= 0.3 is 5.97 Å². The molecule has 0 heterocycles. The van der Waals surface area contributed by atoms with Crippen LogP contribution in [0.2, 0.25) is 36.3 Å². The first kappa shape index (κ1) is 34.7. The van der Waals surface area contributed by atoms with Gasteiger partial charge in [0.1, 0.15) is 0 Å². The van der Waals surface area contributed by atoms with Crippen molar-refractivity contribution < 1.29 is 23.2 Å². The highest BCUT2D eigenvalue weighted by molar-refractivity contribution is 6.74. The zero-order valence-electron chi connectivity index (χ0n) is 27.2. The van der Waals surface area contributed by atoms with Gasteiger partial charge in [-0.3, -0.25) is 9.59 Å². The lowest BCUT2D eigenvalue weighted by molar-refractivity contribution is -0.140. The predicted octanol–water partition coefficient (Wildman–Crippen LogP) is 8.38. The van der Waals surface area contributed by atoms with Crippen LogP contribution in [0.5, 0.6) is 0 Å². The van der Waals surface area contributed by atoms with Gasteiger partial charge in [-0.1, -0.05) is 78.4 Å². The van der Waals surface area contributed by atoms with Crippen molar-refractivity contribution in [1.82, 2.24) is 0 Å². The summed E-state index contributed by atoms with van der Waals surface area (Å²) in [6.07, 6.45) is 13.0.